The minimum atomic E-state index is -0.230. The third-order valence-corrected chi connectivity index (χ3v) is 19.5. The summed E-state index contributed by atoms with van der Waals surface area (Å²) in [5.74, 6) is 0. The fourth-order valence-electron chi connectivity index (χ4n) is 15.9. The van der Waals surface area contributed by atoms with E-state index < -0.39 is 0 Å². The molecule has 16 aromatic carbocycles. The van der Waals surface area contributed by atoms with Crippen molar-refractivity contribution >= 4 is 113 Å². The van der Waals surface area contributed by atoms with Gasteiger partial charge in [-0.15, -0.1) is 0 Å². The zero-order valence-electron chi connectivity index (χ0n) is 50.5. The summed E-state index contributed by atoms with van der Waals surface area (Å²) >= 11 is 0. The van der Waals surface area contributed by atoms with E-state index in [2.05, 4.69) is 362 Å². The Kier molecular flexibility index (Phi) is 12.8. The molecule has 0 spiro atoms. The Hall–Kier alpha value is -11.7. The monoisotopic (exact) mass is 1160 g/mol. The molecule has 0 N–H and O–H groups in total. The second-order valence-corrected chi connectivity index (χ2v) is 24.4. The molecule has 2 aliphatic rings. The fourth-order valence-corrected chi connectivity index (χ4v) is 15.9. The standard InChI is InChI=1S/C88H58B2N2/c1-9-31-59(32-10-1)67-47-29-48-68(60-33-11-2-12-34-60)83(67)89-75-51-25-27-53-77(75)91(65-43-21-7-22-44-65)87-73-57-56-72-80(64-41-19-6-20-42-64)86-88(74-58-55-71(81(73)82(72)74)79(85(87)89)63-39-17-5-18-40-63)92(66-45-23-8-24-46-66)78-54-28-26-52-76(78)90(86)84-69(61-35-13-3-14-36-61)49-30-50-70(84)62-37-15-4-16-38-62/h1-58H. The molecule has 0 amide bonds. The van der Waals surface area contributed by atoms with Gasteiger partial charge in [0.25, 0.3) is 0 Å². The van der Waals surface area contributed by atoms with Crippen LogP contribution in [0.5, 0.6) is 0 Å². The van der Waals surface area contributed by atoms with Gasteiger partial charge in [-0.3, -0.25) is 0 Å². The van der Waals surface area contributed by atoms with E-state index in [4.69, 9.17) is 0 Å². The quantitative estimate of drug-likeness (QED) is 0.0995. The van der Waals surface area contributed by atoms with Crippen LogP contribution in [0.25, 0.3) is 99.1 Å². The van der Waals surface area contributed by atoms with Gasteiger partial charge in [-0.25, -0.2) is 0 Å². The maximum absolute atomic E-state index is 2.61. The number of anilines is 6. The van der Waals surface area contributed by atoms with E-state index in [1.54, 1.807) is 0 Å². The van der Waals surface area contributed by atoms with Gasteiger partial charge in [0.1, 0.15) is 0 Å². The molecule has 0 radical (unpaired) electrons. The van der Waals surface area contributed by atoms with Crippen molar-refractivity contribution in [3.63, 3.8) is 0 Å². The Labute approximate surface area is 537 Å². The Bertz CT molecular complexity index is 4980. The van der Waals surface area contributed by atoms with Crippen molar-refractivity contribution in [3.05, 3.63) is 352 Å². The molecule has 4 heteroatoms. The zero-order valence-corrected chi connectivity index (χ0v) is 50.5. The van der Waals surface area contributed by atoms with Crippen molar-refractivity contribution < 1.29 is 0 Å². The van der Waals surface area contributed by atoms with Gasteiger partial charge in [-0.05, 0) is 136 Å². The second-order valence-electron chi connectivity index (χ2n) is 24.4. The summed E-state index contributed by atoms with van der Waals surface area (Å²) in [5, 5.41) is 7.33. The molecule has 18 rings (SSSR count). The van der Waals surface area contributed by atoms with Crippen LogP contribution in [0.15, 0.2) is 352 Å². The summed E-state index contributed by atoms with van der Waals surface area (Å²) in [7, 11) is 0. The molecule has 426 valence electrons. The molecule has 0 bridgehead atoms. The van der Waals surface area contributed by atoms with E-state index in [0.29, 0.717) is 0 Å². The molecule has 0 aliphatic carbocycles. The molecule has 0 atom stereocenters. The maximum atomic E-state index is 2.61. The Balaban J connectivity index is 1.06. The van der Waals surface area contributed by atoms with Crippen LogP contribution in [0.2, 0.25) is 0 Å². The minimum Gasteiger partial charge on any atom is -0.311 e. The molecule has 0 saturated heterocycles. The minimum absolute atomic E-state index is 0.230. The molecular formula is C88H58B2N2. The van der Waals surface area contributed by atoms with Crippen molar-refractivity contribution in [1.82, 2.24) is 0 Å². The first-order valence-electron chi connectivity index (χ1n) is 32.1. The van der Waals surface area contributed by atoms with Gasteiger partial charge < -0.3 is 9.80 Å². The largest absolute Gasteiger partial charge is 0.311 e. The van der Waals surface area contributed by atoms with Gasteiger partial charge in [-0.1, -0.05) is 326 Å². The van der Waals surface area contributed by atoms with Crippen molar-refractivity contribution in [2.24, 2.45) is 0 Å². The maximum Gasteiger partial charge on any atom is 0.249 e. The van der Waals surface area contributed by atoms with Crippen LogP contribution in [0.3, 0.4) is 0 Å². The third-order valence-electron chi connectivity index (χ3n) is 19.5. The van der Waals surface area contributed by atoms with Crippen molar-refractivity contribution in [2.75, 3.05) is 9.80 Å². The van der Waals surface area contributed by atoms with E-state index >= 15 is 0 Å². The zero-order chi connectivity index (χ0) is 60.6. The fraction of sp³-hybridized carbons (Fsp3) is 0. The number of nitrogens with zero attached hydrogens (tertiary/aromatic N) is 2. The second kappa shape index (κ2) is 22.1. The molecular weight excluding hydrogens is 1110 g/mol. The topological polar surface area (TPSA) is 6.48 Å². The SMILES string of the molecule is c1ccc(-c2cccc(-c3ccccc3)c2B2c3ccccc3N(c3ccccc3)c3c2c(-c2ccccc2)c2ccc4c5c(c(-c6ccccc6)c6ccc3c2c64)B(c2c(-c3ccccc3)cccc2-c2ccccc2)c2ccccc2N5c2ccccc2)cc1. The lowest BCUT2D eigenvalue weighted by Crippen LogP contribution is -2.59. The molecule has 16 aromatic rings. The molecule has 92 heavy (non-hydrogen) atoms. The summed E-state index contributed by atoms with van der Waals surface area (Å²) in [6, 6.07) is 132. The molecule has 0 fully saturated rings. The number of fused-ring (bicyclic) bond motifs is 6. The number of rotatable bonds is 10. The van der Waals surface area contributed by atoms with Gasteiger partial charge >= 0.3 is 0 Å². The highest BCUT2D eigenvalue weighted by atomic mass is 15.2. The summed E-state index contributed by atoms with van der Waals surface area (Å²) in [4.78, 5) is 5.21. The summed E-state index contributed by atoms with van der Waals surface area (Å²) in [6.07, 6.45) is 0. The third kappa shape index (κ3) is 8.38. The number of benzene rings is 16. The smallest absolute Gasteiger partial charge is 0.249 e. The van der Waals surface area contributed by atoms with Crippen LogP contribution in [0.1, 0.15) is 0 Å². The Morgan fingerprint density at radius 1 is 0.196 bits per heavy atom. The van der Waals surface area contributed by atoms with Crippen LogP contribution in [0.4, 0.5) is 34.1 Å². The van der Waals surface area contributed by atoms with Crippen LogP contribution < -0.4 is 42.6 Å². The lowest BCUT2D eigenvalue weighted by atomic mass is 9.32. The normalized spacial score (nSPS) is 12.5. The van der Waals surface area contributed by atoms with Gasteiger partial charge in [-0.2, -0.15) is 0 Å². The first-order chi connectivity index (χ1) is 45.8. The molecule has 0 saturated carbocycles. The van der Waals surface area contributed by atoms with E-state index in [-0.39, 0.29) is 13.4 Å². The molecule has 2 nitrogen and oxygen atoms in total. The van der Waals surface area contributed by atoms with Crippen LogP contribution in [0, 0.1) is 0 Å². The molecule has 0 unspecified atom stereocenters. The first-order valence-corrected chi connectivity index (χ1v) is 32.1. The van der Waals surface area contributed by atoms with E-state index in [1.165, 1.54) is 143 Å². The van der Waals surface area contributed by atoms with Gasteiger partial charge in [0, 0.05) is 55.7 Å². The number of hydrogen-bond acceptors (Lipinski definition) is 2. The molecule has 2 heterocycles. The molecule has 0 aromatic heterocycles. The summed E-state index contributed by atoms with van der Waals surface area (Å²) in [5.41, 5.74) is 29.0. The molecule has 2 aliphatic heterocycles. The Morgan fingerprint density at radius 2 is 0.457 bits per heavy atom. The average Bonchev–Trinajstić information content (AvgIpc) is 0.676. The highest BCUT2D eigenvalue weighted by Crippen LogP contribution is 2.53. The predicted molar refractivity (Wildman–Crippen MR) is 394 cm³/mol. The number of hydrogen-bond donors (Lipinski definition) is 0. The van der Waals surface area contributed by atoms with Crippen LogP contribution in [-0.4, -0.2) is 13.4 Å². The van der Waals surface area contributed by atoms with E-state index in [0.717, 1.165) is 22.7 Å². The van der Waals surface area contributed by atoms with E-state index in [9.17, 15) is 0 Å². The Morgan fingerprint density at radius 3 is 0.772 bits per heavy atom. The summed E-state index contributed by atoms with van der Waals surface area (Å²) in [6.45, 7) is -0.460. The predicted octanol–water partition coefficient (Wildman–Crippen LogP) is 19.2. The average molecular weight is 1170 g/mol. The van der Waals surface area contributed by atoms with Gasteiger partial charge in [0.05, 0.1) is 0 Å². The van der Waals surface area contributed by atoms with E-state index in [1.807, 2.05) is 0 Å². The van der Waals surface area contributed by atoms with Crippen molar-refractivity contribution in [1.29, 1.82) is 0 Å². The highest BCUT2D eigenvalue weighted by molar-refractivity contribution is 7.01. The van der Waals surface area contributed by atoms with Crippen LogP contribution in [-0.2, 0) is 0 Å². The highest BCUT2D eigenvalue weighted by Gasteiger charge is 2.45. The lowest BCUT2D eigenvalue weighted by Gasteiger charge is -2.42. The van der Waals surface area contributed by atoms with Gasteiger partial charge in [0.15, 0.2) is 0 Å². The van der Waals surface area contributed by atoms with Crippen LogP contribution >= 0.6 is 0 Å². The first kappa shape index (κ1) is 53.3. The van der Waals surface area contributed by atoms with Crippen molar-refractivity contribution in [2.45, 2.75) is 0 Å². The summed E-state index contributed by atoms with van der Waals surface area (Å²) < 4.78 is 0. The lowest BCUT2D eigenvalue weighted by molar-refractivity contribution is 1.31. The van der Waals surface area contributed by atoms with Crippen molar-refractivity contribution in [3.8, 4) is 66.8 Å². The number of para-hydroxylation sites is 4. The van der Waals surface area contributed by atoms with Gasteiger partial charge in [0.2, 0.25) is 13.4 Å².